The quantitative estimate of drug-likeness (QED) is 0.742. The molecule has 6 nitrogen and oxygen atoms in total. The molecular formula is C19H25N3O3S. The number of hydrogen-bond donors (Lipinski definition) is 2. The Balaban J connectivity index is 1.52. The third-order valence-electron chi connectivity index (χ3n) is 4.52. The van der Waals surface area contributed by atoms with Crippen molar-refractivity contribution in [2.75, 3.05) is 26.7 Å². The van der Waals surface area contributed by atoms with Gasteiger partial charge in [-0.05, 0) is 56.5 Å². The van der Waals surface area contributed by atoms with Crippen molar-refractivity contribution >= 4 is 17.2 Å². The van der Waals surface area contributed by atoms with Crippen LogP contribution in [0, 0.1) is 5.92 Å². The van der Waals surface area contributed by atoms with Crippen molar-refractivity contribution in [3.63, 3.8) is 0 Å². The lowest BCUT2D eigenvalue weighted by atomic mass is 9.96. The number of carbonyl (C=O) groups excluding carboxylic acids is 1. The van der Waals surface area contributed by atoms with E-state index in [4.69, 9.17) is 9.47 Å². The lowest BCUT2D eigenvalue weighted by molar-refractivity contribution is 0.0950. The predicted molar refractivity (Wildman–Crippen MR) is 102 cm³/mol. The lowest BCUT2D eigenvalue weighted by Gasteiger charge is -2.22. The molecule has 0 saturated carbocycles. The zero-order valence-corrected chi connectivity index (χ0v) is 15.8. The first-order valence-corrected chi connectivity index (χ1v) is 9.87. The van der Waals surface area contributed by atoms with Crippen LogP contribution >= 0.6 is 11.3 Å². The molecule has 1 amide bonds. The van der Waals surface area contributed by atoms with E-state index in [1.54, 1.807) is 30.8 Å². The van der Waals surface area contributed by atoms with Gasteiger partial charge >= 0.3 is 0 Å². The minimum absolute atomic E-state index is 0.0851. The van der Waals surface area contributed by atoms with Crippen molar-refractivity contribution in [3.8, 4) is 11.5 Å². The van der Waals surface area contributed by atoms with Crippen LogP contribution in [0.15, 0.2) is 29.1 Å². The van der Waals surface area contributed by atoms with Crippen LogP contribution in [0.4, 0.5) is 0 Å². The summed E-state index contributed by atoms with van der Waals surface area (Å²) in [5.41, 5.74) is 3.22. The Bertz CT molecular complexity index is 700. The number of amides is 1. The molecule has 0 aliphatic carbocycles. The van der Waals surface area contributed by atoms with Crippen molar-refractivity contribution in [2.45, 2.75) is 25.9 Å². The number of thiazole rings is 1. The fourth-order valence-electron chi connectivity index (χ4n) is 3.05. The number of methoxy groups -OCH3 is 1. The molecule has 2 heterocycles. The first kappa shape index (κ1) is 18.7. The van der Waals surface area contributed by atoms with Gasteiger partial charge in [-0.2, -0.15) is 0 Å². The van der Waals surface area contributed by atoms with Crippen LogP contribution in [0.5, 0.6) is 11.5 Å². The van der Waals surface area contributed by atoms with Crippen molar-refractivity contribution in [1.29, 1.82) is 0 Å². The Hall–Kier alpha value is -2.12. The van der Waals surface area contributed by atoms with Crippen molar-refractivity contribution in [1.82, 2.24) is 15.6 Å². The first-order valence-electron chi connectivity index (χ1n) is 8.93. The number of ether oxygens (including phenoxy) is 2. The van der Waals surface area contributed by atoms with E-state index in [1.165, 1.54) is 24.2 Å². The average Bonchev–Trinajstić information content (AvgIpc) is 3.20. The number of nitrogens with one attached hydrogen (secondary N) is 2. The molecule has 1 aromatic carbocycles. The van der Waals surface area contributed by atoms with Gasteiger partial charge in [0.05, 0.1) is 18.3 Å². The number of aromatic nitrogens is 1. The highest BCUT2D eigenvalue weighted by Gasteiger charge is 2.14. The summed E-state index contributed by atoms with van der Waals surface area (Å²) in [7, 11) is 1.57. The molecule has 1 aromatic heterocycles. The molecule has 0 spiro atoms. The maximum absolute atomic E-state index is 12.4. The number of rotatable bonds is 8. The zero-order valence-electron chi connectivity index (χ0n) is 15.0. The Labute approximate surface area is 157 Å². The van der Waals surface area contributed by atoms with Gasteiger partial charge in [-0.25, -0.2) is 4.98 Å². The highest BCUT2D eigenvalue weighted by atomic mass is 32.1. The van der Waals surface area contributed by atoms with Gasteiger partial charge < -0.3 is 20.1 Å². The van der Waals surface area contributed by atoms with Crippen molar-refractivity contribution < 1.29 is 14.3 Å². The molecule has 1 unspecified atom stereocenters. The molecule has 1 aliphatic rings. The summed E-state index contributed by atoms with van der Waals surface area (Å²) in [5.74, 6) is 1.72. The van der Waals surface area contributed by atoms with Crippen LogP contribution in [0.1, 0.15) is 35.3 Å². The molecule has 0 bridgehead atoms. The molecule has 1 atom stereocenters. The topological polar surface area (TPSA) is 72.5 Å². The summed E-state index contributed by atoms with van der Waals surface area (Å²) >= 11 is 1.53. The molecule has 1 aliphatic heterocycles. The second-order valence-corrected chi connectivity index (χ2v) is 7.11. The monoisotopic (exact) mass is 375 g/mol. The third-order valence-corrected chi connectivity index (χ3v) is 5.16. The highest BCUT2D eigenvalue weighted by Crippen LogP contribution is 2.29. The van der Waals surface area contributed by atoms with E-state index in [0.717, 1.165) is 25.2 Å². The van der Waals surface area contributed by atoms with Gasteiger partial charge in [0.25, 0.3) is 5.91 Å². The van der Waals surface area contributed by atoms with E-state index in [9.17, 15) is 4.79 Å². The molecule has 2 N–H and O–H groups in total. The lowest BCUT2D eigenvalue weighted by Crippen LogP contribution is -2.33. The van der Waals surface area contributed by atoms with Gasteiger partial charge in [-0.1, -0.05) is 0 Å². The van der Waals surface area contributed by atoms with Gasteiger partial charge in [-0.3, -0.25) is 4.79 Å². The van der Waals surface area contributed by atoms with E-state index >= 15 is 0 Å². The third kappa shape index (κ3) is 5.19. The number of nitrogens with zero attached hydrogens (tertiary/aromatic N) is 1. The summed E-state index contributed by atoms with van der Waals surface area (Å²) in [6, 6.07) is 5.25. The van der Waals surface area contributed by atoms with Crippen LogP contribution in [-0.4, -0.2) is 37.6 Å². The predicted octanol–water partition coefficient (Wildman–Crippen LogP) is 2.85. The van der Waals surface area contributed by atoms with E-state index in [-0.39, 0.29) is 5.91 Å². The number of hydrogen-bond acceptors (Lipinski definition) is 6. The molecule has 26 heavy (non-hydrogen) atoms. The van der Waals surface area contributed by atoms with Crippen LogP contribution in [0.2, 0.25) is 0 Å². The fraction of sp³-hybridized carbons (Fsp3) is 0.474. The summed E-state index contributed by atoms with van der Waals surface area (Å²) in [5, 5.41) is 8.34. The first-order chi connectivity index (χ1) is 12.8. The van der Waals surface area contributed by atoms with Gasteiger partial charge in [0.2, 0.25) is 0 Å². The van der Waals surface area contributed by atoms with E-state index < -0.39 is 0 Å². The highest BCUT2D eigenvalue weighted by molar-refractivity contribution is 7.07. The minimum atomic E-state index is -0.0851. The van der Waals surface area contributed by atoms with Crippen molar-refractivity contribution in [3.05, 3.63) is 40.3 Å². The van der Waals surface area contributed by atoms with E-state index in [2.05, 4.69) is 15.6 Å². The largest absolute Gasteiger partial charge is 0.493 e. The standard InChI is InChI=1S/C19H25N3O3S/c1-24-18-9-15(4-5-17(18)25-11-16-12-26-13-22-16)19(23)21-8-6-14-3-2-7-20-10-14/h4-5,9,12-14,20H,2-3,6-8,10-11H2,1H3,(H,21,23). The Kier molecular flexibility index (Phi) is 6.85. The van der Waals surface area contributed by atoms with Crippen LogP contribution in [0.25, 0.3) is 0 Å². The molecule has 3 rings (SSSR count). The maximum Gasteiger partial charge on any atom is 0.251 e. The Morgan fingerprint density at radius 2 is 2.35 bits per heavy atom. The molecule has 2 aromatic rings. The number of carbonyl (C=O) groups is 1. The summed E-state index contributed by atoms with van der Waals surface area (Å²) < 4.78 is 11.1. The zero-order chi connectivity index (χ0) is 18.2. The summed E-state index contributed by atoms with van der Waals surface area (Å²) in [4.78, 5) is 16.6. The normalized spacial score (nSPS) is 16.9. The minimum Gasteiger partial charge on any atom is -0.493 e. The SMILES string of the molecule is COc1cc(C(=O)NCCC2CCCNC2)ccc1OCc1cscn1. The Morgan fingerprint density at radius 3 is 3.08 bits per heavy atom. The molecule has 140 valence electrons. The molecular weight excluding hydrogens is 350 g/mol. The van der Waals surface area contributed by atoms with Crippen LogP contribution in [0.3, 0.4) is 0 Å². The van der Waals surface area contributed by atoms with Crippen molar-refractivity contribution in [2.24, 2.45) is 5.92 Å². The molecule has 1 fully saturated rings. The van der Waals surface area contributed by atoms with Gasteiger partial charge in [0, 0.05) is 17.5 Å². The smallest absolute Gasteiger partial charge is 0.251 e. The Morgan fingerprint density at radius 1 is 1.42 bits per heavy atom. The summed E-state index contributed by atoms with van der Waals surface area (Å²) in [6.07, 6.45) is 3.46. The van der Waals surface area contributed by atoms with Gasteiger partial charge in [-0.15, -0.1) is 11.3 Å². The van der Waals surface area contributed by atoms with Crippen LogP contribution < -0.4 is 20.1 Å². The second kappa shape index (κ2) is 9.54. The molecule has 0 radical (unpaired) electrons. The van der Waals surface area contributed by atoms with E-state index in [0.29, 0.717) is 36.1 Å². The molecule has 1 saturated heterocycles. The maximum atomic E-state index is 12.4. The van der Waals surface area contributed by atoms with Gasteiger partial charge in [0.15, 0.2) is 11.5 Å². The van der Waals surface area contributed by atoms with Gasteiger partial charge in [0.1, 0.15) is 6.61 Å². The fourth-order valence-corrected chi connectivity index (χ4v) is 3.59. The second-order valence-electron chi connectivity index (χ2n) is 6.39. The molecule has 7 heteroatoms. The summed E-state index contributed by atoms with van der Waals surface area (Å²) in [6.45, 7) is 3.23. The number of piperidine rings is 1. The average molecular weight is 375 g/mol. The number of benzene rings is 1. The van der Waals surface area contributed by atoms with E-state index in [1.807, 2.05) is 5.38 Å². The van der Waals surface area contributed by atoms with Crippen LogP contribution in [-0.2, 0) is 6.61 Å².